The summed E-state index contributed by atoms with van der Waals surface area (Å²) in [5.41, 5.74) is 10.8. The lowest BCUT2D eigenvalue weighted by molar-refractivity contribution is 0.100. The summed E-state index contributed by atoms with van der Waals surface area (Å²) in [4.78, 5) is 11.2. The summed E-state index contributed by atoms with van der Waals surface area (Å²) in [5, 5.41) is 0. The Labute approximate surface area is 111 Å². The second-order valence-electron chi connectivity index (χ2n) is 5.05. The lowest BCUT2D eigenvalue weighted by Crippen LogP contribution is -2.17. The molecule has 0 aromatic heterocycles. The molecular formula is C14H19FN2O2. The van der Waals surface area contributed by atoms with Crippen molar-refractivity contribution in [2.24, 2.45) is 11.7 Å². The van der Waals surface area contributed by atoms with E-state index < -0.39 is 11.7 Å². The minimum absolute atomic E-state index is 0.0371. The number of hydrogen-bond donors (Lipinski definition) is 2. The third-order valence-electron chi connectivity index (χ3n) is 3.57. The molecule has 0 aliphatic heterocycles. The maximum Gasteiger partial charge on any atom is 0.250 e. The van der Waals surface area contributed by atoms with Crippen molar-refractivity contribution in [3.05, 3.63) is 23.5 Å². The van der Waals surface area contributed by atoms with E-state index in [2.05, 4.69) is 0 Å². The van der Waals surface area contributed by atoms with E-state index in [9.17, 15) is 9.18 Å². The highest BCUT2D eigenvalue weighted by atomic mass is 19.1. The number of amides is 1. The summed E-state index contributed by atoms with van der Waals surface area (Å²) < 4.78 is 19.2. The summed E-state index contributed by atoms with van der Waals surface area (Å²) >= 11 is 0. The van der Waals surface area contributed by atoms with E-state index >= 15 is 0 Å². The van der Waals surface area contributed by atoms with Gasteiger partial charge in [-0.15, -0.1) is 0 Å². The van der Waals surface area contributed by atoms with Crippen molar-refractivity contribution in [2.75, 3.05) is 12.3 Å². The van der Waals surface area contributed by atoms with E-state index in [-0.39, 0.29) is 17.0 Å². The number of nitrogen functional groups attached to an aromatic ring is 1. The van der Waals surface area contributed by atoms with Crippen LogP contribution in [-0.4, -0.2) is 12.5 Å². The maximum absolute atomic E-state index is 13.7. The number of anilines is 1. The predicted molar refractivity (Wildman–Crippen MR) is 71.4 cm³/mol. The van der Waals surface area contributed by atoms with Crippen LogP contribution in [0.25, 0.3) is 0 Å². The van der Waals surface area contributed by atoms with Crippen molar-refractivity contribution in [3.63, 3.8) is 0 Å². The van der Waals surface area contributed by atoms with Gasteiger partial charge in [0.2, 0.25) is 0 Å². The number of hydrogen-bond acceptors (Lipinski definition) is 3. The summed E-state index contributed by atoms with van der Waals surface area (Å²) in [6, 6.07) is 2.37. The molecule has 4 nitrogen and oxygen atoms in total. The Morgan fingerprint density at radius 2 is 2.00 bits per heavy atom. The topological polar surface area (TPSA) is 78.3 Å². The zero-order valence-corrected chi connectivity index (χ0v) is 10.8. The summed E-state index contributed by atoms with van der Waals surface area (Å²) in [6.45, 7) is 0.471. The van der Waals surface area contributed by atoms with Crippen LogP contribution in [0.3, 0.4) is 0 Å². The fourth-order valence-corrected chi connectivity index (χ4v) is 2.45. The van der Waals surface area contributed by atoms with Crippen LogP contribution in [0.2, 0.25) is 0 Å². The van der Waals surface area contributed by atoms with Crippen LogP contribution in [0.1, 0.15) is 42.5 Å². The highest BCUT2D eigenvalue weighted by molar-refractivity contribution is 5.98. The molecule has 1 saturated carbocycles. The van der Waals surface area contributed by atoms with Crippen molar-refractivity contribution in [2.45, 2.75) is 32.1 Å². The first-order chi connectivity index (χ1) is 9.08. The second kappa shape index (κ2) is 5.91. The van der Waals surface area contributed by atoms with Crippen molar-refractivity contribution < 1.29 is 13.9 Å². The summed E-state index contributed by atoms with van der Waals surface area (Å²) in [6.07, 6.45) is 5.88. The van der Waals surface area contributed by atoms with Crippen LogP contribution in [0, 0.1) is 11.7 Å². The molecule has 0 atom stereocenters. The first-order valence-corrected chi connectivity index (χ1v) is 6.59. The minimum atomic E-state index is -0.681. The van der Waals surface area contributed by atoms with Crippen LogP contribution in [0.15, 0.2) is 12.1 Å². The number of carbonyl (C=O) groups is 1. The number of benzene rings is 1. The van der Waals surface area contributed by atoms with Gasteiger partial charge >= 0.3 is 0 Å². The predicted octanol–water partition coefficient (Wildman–Crippen LogP) is 2.47. The highest BCUT2D eigenvalue weighted by Gasteiger charge is 2.17. The average Bonchev–Trinajstić information content (AvgIpc) is 2.38. The summed E-state index contributed by atoms with van der Waals surface area (Å²) in [5.74, 6) is -0.727. The first-order valence-electron chi connectivity index (χ1n) is 6.59. The van der Waals surface area contributed by atoms with Gasteiger partial charge in [0.1, 0.15) is 0 Å². The fourth-order valence-electron chi connectivity index (χ4n) is 2.45. The molecule has 1 aromatic rings. The standard InChI is InChI=1S/C14H19FN2O2/c15-11-7-12(16)10(14(17)18)6-13(11)19-8-9-4-2-1-3-5-9/h6-7,9H,1-5,8,16H2,(H2,17,18). The molecule has 1 amide bonds. The highest BCUT2D eigenvalue weighted by Crippen LogP contribution is 2.27. The van der Waals surface area contributed by atoms with E-state index in [1.165, 1.54) is 25.3 Å². The largest absolute Gasteiger partial charge is 0.490 e. The van der Waals surface area contributed by atoms with Gasteiger partial charge in [-0.25, -0.2) is 4.39 Å². The molecule has 5 heteroatoms. The van der Waals surface area contributed by atoms with E-state index in [0.29, 0.717) is 12.5 Å². The molecule has 1 aromatic carbocycles. The van der Waals surface area contributed by atoms with Gasteiger partial charge in [-0.2, -0.15) is 0 Å². The van der Waals surface area contributed by atoms with Crippen molar-refractivity contribution in [1.29, 1.82) is 0 Å². The first kappa shape index (κ1) is 13.6. The van der Waals surface area contributed by atoms with Gasteiger partial charge in [0.25, 0.3) is 5.91 Å². The molecule has 0 saturated heterocycles. The Kier molecular flexibility index (Phi) is 4.24. The van der Waals surface area contributed by atoms with Gasteiger partial charge in [0, 0.05) is 11.8 Å². The Morgan fingerprint density at radius 3 is 2.63 bits per heavy atom. The van der Waals surface area contributed by atoms with E-state index in [1.807, 2.05) is 0 Å². The van der Waals surface area contributed by atoms with Gasteiger partial charge < -0.3 is 16.2 Å². The minimum Gasteiger partial charge on any atom is -0.490 e. The van der Waals surface area contributed by atoms with Crippen molar-refractivity contribution >= 4 is 11.6 Å². The molecule has 4 N–H and O–H groups in total. The molecule has 0 bridgehead atoms. The van der Waals surface area contributed by atoms with Crippen molar-refractivity contribution in [1.82, 2.24) is 0 Å². The summed E-state index contributed by atoms with van der Waals surface area (Å²) in [7, 11) is 0. The van der Waals surface area contributed by atoms with E-state index in [0.717, 1.165) is 18.9 Å². The molecule has 2 rings (SSSR count). The number of halogens is 1. The number of nitrogens with two attached hydrogens (primary N) is 2. The van der Waals surface area contributed by atoms with E-state index in [4.69, 9.17) is 16.2 Å². The molecule has 19 heavy (non-hydrogen) atoms. The molecule has 0 heterocycles. The van der Waals surface area contributed by atoms with Crippen LogP contribution >= 0.6 is 0 Å². The molecule has 0 spiro atoms. The van der Waals surface area contributed by atoms with Crippen LogP contribution in [0.5, 0.6) is 5.75 Å². The van der Waals surface area contributed by atoms with Crippen molar-refractivity contribution in [3.8, 4) is 5.75 Å². The van der Waals surface area contributed by atoms with Crippen LogP contribution in [0.4, 0.5) is 10.1 Å². The van der Waals surface area contributed by atoms with Gasteiger partial charge in [0.05, 0.1) is 12.2 Å². The van der Waals surface area contributed by atoms with Gasteiger partial charge in [-0.1, -0.05) is 19.3 Å². The normalized spacial score (nSPS) is 16.3. The monoisotopic (exact) mass is 266 g/mol. The number of primary amides is 1. The van der Waals surface area contributed by atoms with E-state index in [1.54, 1.807) is 0 Å². The molecule has 1 fully saturated rings. The third kappa shape index (κ3) is 3.36. The molecule has 0 radical (unpaired) electrons. The van der Waals surface area contributed by atoms with Gasteiger partial charge in [-0.05, 0) is 24.8 Å². The molecule has 104 valence electrons. The van der Waals surface area contributed by atoms with Gasteiger partial charge in [-0.3, -0.25) is 4.79 Å². The van der Waals surface area contributed by atoms with Crippen LogP contribution in [-0.2, 0) is 0 Å². The second-order valence-corrected chi connectivity index (χ2v) is 5.05. The third-order valence-corrected chi connectivity index (χ3v) is 3.57. The molecule has 1 aliphatic carbocycles. The molecular weight excluding hydrogens is 247 g/mol. The Balaban J connectivity index is 2.06. The Hall–Kier alpha value is -1.78. The van der Waals surface area contributed by atoms with Gasteiger partial charge in [0.15, 0.2) is 11.6 Å². The molecule has 1 aliphatic rings. The zero-order valence-electron chi connectivity index (χ0n) is 10.8. The van der Waals surface area contributed by atoms with Crippen LogP contribution < -0.4 is 16.2 Å². The quantitative estimate of drug-likeness (QED) is 0.822. The Morgan fingerprint density at radius 1 is 1.32 bits per heavy atom. The lowest BCUT2D eigenvalue weighted by Gasteiger charge is -2.22. The smallest absolute Gasteiger partial charge is 0.250 e. The molecule has 0 unspecified atom stereocenters. The lowest BCUT2D eigenvalue weighted by atomic mass is 9.90. The number of carbonyl (C=O) groups excluding carboxylic acids is 1. The SMILES string of the molecule is NC(=O)c1cc(OCC2CCCCC2)c(F)cc1N. The maximum atomic E-state index is 13.7. The average molecular weight is 266 g/mol. The fraction of sp³-hybridized carbons (Fsp3) is 0.500. The number of ether oxygens (including phenoxy) is 1. The Bertz CT molecular complexity index is 471. The number of rotatable bonds is 4. The zero-order chi connectivity index (χ0) is 13.8.